The molecule has 0 unspecified atom stereocenters. The van der Waals surface area contributed by atoms with Gasteiger partial charge in [0.15, 0.2) is 0 Å². The Morgan fingerprint density at radius 2 is 1.97 bits per heavy atom. The van der Waals surface area contributed by atoms with Crippen LogP contribution in [0.2, 0.25) is 0 Å². The lowest BCUT2D eigenvalue weighted by atomic mass is 9.77. The molecule has 0 spiro atoms. The second-order valence-electron chi connectivity index (χ2n) is 9.02. The molecule has 0 saturated heterocycles. The molecule has 3 aromatic rings. The van der Waals surface area contributed by atoms with Crippen molar-refractivity contribution >= 4 is 46.0 Å². The van der Waals surface area contributed by atoms with Crippen molar-refractivity contribution in [1.82, 2.24) is 4.57 Å². The molecule has 6 rings (SSSR count). The van der Waals surface area contributed by atoms with Crippen molar-refractivity contribution in [2.75, 3.05) is 5.32 Å². The van der Waals surface area contributed by atoms with Crippen molar-refractivity contribution in [3.63, 3.8) is 0 Å². The van der Waals surface area contributed by atoms with Gasteiger partial charge in [-0.1, -0.05) is 35.1 Å². The molecule has 2 aliphatic carbocycles. The second-order valence-corrected chi connectivity index (χ2v) is 12.2. The first-order valence-electron chi connectivity index (χ1n) is 10.9. The van der Waals surface area contributed by atoms with Crippen LogP contribution in [0.25, 0.3) is 0 Å². The zero-order valence-electron chi connectivity index (χ0n) is 17.2. The highest BCUT2D eigenvalue weighted by Crippen LogP contribution is 2.64. The van der Waals surface area contributed by atoms with Gasteiger partial charge < -0.3 is 5.32 Å². The predicted molar refractivity (Wildman–Crippen MR) is 129 cm³/mol. The molecule has 1 aromatic carbocycles. The van der Waals surface area contributed by atoms with Crippen LogP contribution in [0.5, 0.6) is 0 Å². The molecule has 2 saturated carbocycles. The highest BCUT2D eigenvalue weighted by atomic mass is 32.2. The lowest BCUT2D eigenvalue weighted by molar-refractivity contribution is -0.116. The maximum atomic E-state index is 13.0. The Hall–Kier alpha value is -1.83. The van der Waals surface area contributed by atoms with Gasteiger partial charge in [0, 0.05) is 26.6 Å². The quantitative estimate of drug-likeness (QED) is 0.545. The number of thioether (sulfide) groups is 1. The number of rotatable bonds is 4. The normalized spacial score (nSPS) is 28.4. The largest absolute Gasteiger partial charge is 0.325 e. The third kappa shape index (κ3) is 3.33. The van der Waals surface area contributed by atoms with Crippen LogP contribution in [0.1, 0.15) is 40.5 Å². The number of benzene rings is 1. The number of anilines is 1. The van der Waals surface area contributed by atoms with E-state index in [1.165, 1.54) is 40.4 Å². The SMILES string of the molecule is Cc1ccc(NC(=O)Cn2c3c(sc2=O)[C@H](c2cccs2)[C@@H]2[C@H]4CC[C@@H](C4)[C@@H]2S3)cc1. The lowest BCUT2D eigenvalue weighted by Gasteiger charge is -2.40. The van der Waals surface area contributed by atoms with Gasteiger partial charge in [-0.05, 0) is 67.5 Å². The first kappa shape index (κ1) is 19.8. The van der Waals surface area contributed by atoms with Gasteiger partial charge in [0.1, 0.15) is 6.54 Å². The Labute approximate surface area is 193 Å². The topological polar surface area (TPSA) is 51.1 Å². The Morgan fingerprint density at radius 1 is 1.16 bits per heavy atom. The maximum Gasteiger partial charge on any atom is 0.308 e. The fourth-order valence-electron chi connectivity index (χ4n) is 5.85. The van der Waals surface area contributed by atoms with E-state index in [1.54, 1.807) is 4.57 Å². The van der Waals surface area contributed by atoms with E-state index in [2.05, 4.69) is 22.8 Å². The Bertz CT molecular complexity index is 1180. The van der Waals surface area contributed by atoms with Gasteiger partial charge in [0.05, 0.1) is 5.03 Å². The van der Waals surface area contributed by atoms with Gasteiger partial charge in [0.2, 0.25) is 5.91 Å². The number of amides is 1. The van der Waals surface area contributed by atoms with Crippen molar-refractivity contribution in [2.45, 2.75) is 48.9 Å². The van der Waals surface area contributed by atoms with Crippen LogP contribution in [-0.2, 0) is 11.3 Å². The summed E-state index contributed by atoms with van der Waals surface area (Å²) in [6, 6.07) is 12.1. The number of thiazole rings is 1. The van der Waals surface area contributed by atoms with Gasteiger partial charge >= 0.3 is 4.87 Å². The van der Waals surface area contributed by atoms with Crippen LogP contribution in [0.15, 0.2) is 51.6 Å². The Kier molecular flexibility index (Phi) is 4.89. The molecule has 1 aliphatic heterocycles. The summed E-state index contributed by atoms with van der Waals surface area (Å²) in [5.41, 5.74) is 1.92. The number of carbonyl (C=O) groups excluding carboxylic acids is 1. The summed E-state index contributed by atoms with van der Waals surface area (Å²) >= 11 is 5.06. The molecule has 2 bridgehead atoms. The highest BCUT2D eigenvalue weighted by molar-refractivity contribution is 8.00. The first-order valence-corrected chi connectivity index (χ1v) is 13.5. The number of hydrogen-bond acceptors (Lipinski definition) is 5. The smallest absolute Gasteiger partial charge is 0.308 e. The number of fused-ring (bicyclic) bond motifs is 6. The third-order valence-corrected chi connectivity index (χ3v) is 11.0. The van der Waals surface area contributed by atoms with Crippen LogP contribution in [-0.4, -0.2) is 15.7 Å². The molecule has 3 heterocycles. The molecule has 2 aromatic heterocycles. The van der Waals surface area contributed by atoms with Crippen molar-refractivity contribution in [3.05, 3.63) is 66.8 Å². The lowest BCUT2D eigenvalue weighted by Crippen LogP contribution is -2.34. The van der Waals surface area contributed by atoms with E-state index in [1.807, 2.05) is 54.3 Å². The average Bonchev–Trinajstić information content (AvgIpc) is 3.54. The highest BCUT2D eigenvalue weighted by Gasteiger charge is 2.55. The summed E-state index contributed by atoms with van der Waals surface area (Å²) in [6.07, 6.45) is 3.98. The minimum atomic E-state index is -0.144. The molecule has 3 aliphatic rings. The molecule has 0 radical (unpaired) electrons. The van der Waals surface area contributed by atoms with E-state index in [4.69, 9.17) is 0 Å². The predicted octanol–water partition coefficient (Wildman–Crippen LogP) is 5.57. The van der Waals surface area contributed by atoms with Crippen LogP contribution in [0, 0.1) is 24.7 Å². The fraction of sp³-hybridized carbons (Fsp3) is 0.417. The fourth-order valence-corrected chi connectivity index (χ4v) is 9.96. The number of aryl methyl sites for hydroxylation is 1. The number of thiophene rings is 1. The molecule has 31 heavy (non-hydrogen) atoms. The maximum absolute atomic E-state index is 13.0. The van der Waals surface area contributed by atoms with Crippen molar-refractivity contribution < 1.29 is 4.79 Å². The minimum Gasteiger partial charge on any atom is -0.325 e. The summed E-state index contributed by atoms with van der Waals surface area (Å²) in [5.74, 6) is 2.33. The number of hydrogen-bond donors (Lipinski definition) is 1. The monoisotopic (exact) mass is 468 g/mol. The molecular formula is C24H24N2O2S3. The summed E-state index contributed by atoms with van der Waals surface area (Å²) in [6.45, 7) is 2.10. The van der Waals surface area contributed by atoms with E-state index in [-0.39, 0.29) is 17.3 Å². The Morgan fingerprint density at radius 3 is 2.74 bits per heavy atom. The van der Waals surface area contributed by atoms with E-state index in [0.717, 1.165) is 28.1 Å². The summed E-state index contributed by atoms with van der Waals surface area (Å²) in [5, 5.41) is 6.71. The molecule has 1 N–H and O–H groups in total. The molecule has 160 valence electrons. The molecule has 2 fully saturated rings. The molecular weight excluding hydrogens is 444 g/mol. The van der Waals surface area contributed by atoms with Gasteiger partial charge in [-0.15, -0.1) is 23.1 Å². The second kappa shape index (κ2) is 7.64. The van der Waals surface area contributed by atoms with Gasteiger partial charge in [-0.2, -0.15) is 0 Å². The van der Waals surface area contributed by atoms with E-state index < -0.39 is 0 Å². The van der Waals surface area contributed by atoms with E-state index in [9.17, 15) is 9.59 Å². The number of aromatic nitrogens is 1. The summed E-state index contributed by atoms with van der Waals surface area (Å²) in [4.78, 5) is 28.4. The van der Waals surface area contributed by atoms with Crippen molar-refractivity contribution in [1.29, 1.82) is 0 Å². The summed E-state index contributed by atoms with van der Waals surface area (Å²) in [7, 11) is 0. The standard InChI is InChI=1S/C24H24N2O2S3/c1-13-4-8-16(9-5-13)25-18(27)12-26-23-22(31-24(26)28)20(17-3-2-10-29-17)19-14-6-7-15(11-14)21(19)30-23/h2-5,8-10,14-15,19-21H,6-7,11-12H2,1H3,(H,25,27)/t14-,15-,19-,20+,21-/m0/s1. The van der Waals surface area contributed by atoms with Crippen molar-refractivity contribution in [2.24, 2.45) is 17.8 Å². The van der Waals surface area contributed by atoms with Crippen LogP contribution in [0.4, 0.5) is 5.69 Å². The Balaban J connectivity index is 1.34. The van der Waals surface area contributed by atoms with E-state index >= 15 is 0 Å². The summed E-state index contributed by atoms with van der Waals surface area (Å²) < 4.78 is 1.73. The van der Waals surface area contributed by atoms with E-state index in [0.29, 0.717) is 17.1 Å². The number of carbonyl (C=O) groups is 1. The van der Waals surface area contributed by atoms with Gasteiger partial charge in [-0.3, -0.25) is 14.2 Å². The van der Waals surface area contributed by atoms with Crippen LogP contribution >= 0.6 is 34.4 Å². The number of nitrogens with zero attached hydrogens (tertiary/aromatic N) is 1. The molecule has 5 atom stereocenters. The number of nitrogens with one attached hydrogen (secondary N) is 1. The minimum absolute atomic E-state index is 0.00886. The zero-order valence-corrected chi connectivity index (χ0v) is 19.7. The van der Waals surface area contributed by atoms with Crippen LogP contribution in [0.3, 0.4) is 0 Å². The van der Waals surface area contributed by atoms with Gasteiger partial charge in [0.25, 0.3) is 0 Å². The van der Waals surface area contributed by atoms with Crippen LogP contribution < -0.4 is 10.2 Å². The molecule has 7 heteroatoms. The first-order chi connectivity index (χ1) is 15.1. The zero-order chi connectivity index (χ0) is 21.1. The molecule has 1 amide bonds. The van der Waals surface area contributed by atoms with Gasteiger partial charge in [-0.25, -0.2) is 0 Å². The average molecular weight is 469 g/mol. The third-order valence-electron chi connectivity index (χ3n) is 7.18. The molecule has 4 nitrogen and oxygen atoms in total. The van der Waals surface area contributed by atoms with Crippen molar-refractivity contribution in [3.8, 4) is 0 Å².